The predicted octanol–water partition coefficient (Wildman–Crippen LogP) is 3.53. The fraction of sp³-hybridized carbons (Fsp3) is 0.333. The van der Waals surface area contributed by atoms with Gasteiger partial charge >= 0.3 is 0 Å². The zero-order valence-electron chi connectivity index (χ0n) is 9.74. The molecule has 2 aromatic rings. The first-order valence-corrected chi connectivity index (χ1v) is 6.33. The number of halogens is 2. The average molecular weight is 270 g/mol. The van der Waals surface area contributed by atoms with E-state index in [2.05, 4.69) is 10.1 Å². The second-order valence-electron chi connectivity index (χ2n) is 3.81. The normalized spacial score (nSPS) is 10.8. The fourth-order valence-electron chi connectivity index (χ4n) is 1.68. The Balaban J connectivity index is 2.56. The minimum atomic E-state index is 0.369. The Morgan fingerprint density at radius 1 is 1.41 bits per heavy atom. The topological polar surface area (TPSA) is 30.7 Å². The number of rotatable bonds is 3. The third kappa shape index (κ3) is 2.31. The van der Waals surface area contributed by atoms with Crippen molar-refractivity contribution >= 4 is 23.2 Å². The Hall–Kier alpha value is -1.06. The Morgan fingerprint density at radius 3 is 2.71 bits per heavy atom. The van der Waals surface area contributed by atoms with Crippen molar-refractivity contribution in [3.8, 4) is 5.82 Å². The standard InChI is InChI=1S/C12H13Cl2N3/c1-3-10-9(7-13)12(14)17(16-10)11-6-8(2)4-5-15-11/h4-6H,3,7H2,1-2H3. The summed E-state index contributed by atoms with van der Waals surface area (Å²) in [4.78, 5) is 4.27. The van der Waals surface area contributed by atoms with Gasteiger partial charge in [-0.05, 0) is 31.0 Å². The monoisotopic (exact) mass is 269 g/mol. The molecule has 0 fully saturated rings. The molecule has 0 unspecified atom stereocenters. The van der Waals surface area contributed by atoms with Crippen molar-refractivity contribution in [1.82, 2.24) is 14.8 Å². The van der Waals surface area contributed by atoms with Crippen LogP contribution in [-0.2, 0) is 12.3 Å². The summed E-state index contributed by atoms with van der Waals surface area (Å²) >= 11 is 12.2. The number of hydrogen-bond acceptors (Lipinski definition) is 2. The van der Waals surface area contributed by atoms with E-state index in [0.29, 0.717) is 11.0 Å². The Bertz CT molecular complexity index is 535. The Kier molecular flexibility index (Phi) is 3.69. The zero-order valence-corrected chi connectivity index (χ0v) is 11.3. The lowest BCUT2D eigenvalue weighted by molar-refractivity contribution is 0.815. The van der Waals surface area contributed by atoms with Gasteiger partial charge in [0.05, 0.1) is 11.6 Å². The first-order valence-electron chi connectivity index (χ1n) is 5.42. The molecule has 0 aliphatic rings. The van der Waals surface area contributed by atoms with Gasteiger partial charge in [-0.15, -0.1) is 11.6 Å². The largest absolute Gasteiger partial charge is 0.237 e. The molecule has 0 saturated carbocycles. The van der Waals surface area contributed by atoms with E-state index in [-0.39, 0.29) is 0 Å². The molecule has 0 bridgehead atoms. The number of aromatic nitrogens is 3. The highest BCUT2D eigenvalue weighted by atomic mass is 35.5. The molecule has 0 radical (unpaired) electrons. The lowest BCUT2D eigenvalue weighted by Crippen LogP contribution is -2.00. The van der Waals surface area contributed by atoms with Crippen molar-refractivity contribution < 1.29 is 0 Å². The molecule has 0 spiro atoms. The van der Waals surface area contributed by atoms with Gasteiger partial charge in [-0.25, -0.2) is 9.67 Å². The van der Waals surface area contributed by atoms with Gasteiger partial charge < -0.3 is 0 Å². The van der Waals surface area contributed by atoms with Crippen LogP contribution in [0.15, 0.2) is 18.3 Å². The number of aryl methyl sites for hydroxylation is 2. The van der Waals surface area contributed by atoms with Crippen LogP contribution in [0.5, 0.6) is 0 Å². The molecule has 0 saturated heterocycles. The first kappa shape index (κ1) is 12.4. The molecular formula is C12H13Cl2N3. The van der Waals surface area contributed by atoms with Crippen LogP contribution in [0.3, 0.4) is 0 Å². The molecule has 2 rings (SSSR count). The van der Waals surface area contributed by atoms with Crippen molar-refractivity contribution in [1.29, 1.82) is 0 Å². The van der Waals surface area contributed by atoms with Crippen LogP contribution in [0.25, 0.3) is 5.82 Å². The number of pyridine rings is 1. The smallest absolute Gasteiger partial charge is 0.155 e. The summed E-state index contributed by atoms with van der Waals surface area (Å²) in [6.45, 7) is 4.04. The number of nitrogens with zero attached hydrogens (tertiary/aromatic N) is 3. The van der Waals surface area contributed by atoms with E-state index in [1.807, 2.05) is 26.0 Å². The summed E-state index contributed by atoms with van der Waals surface area (Å²) in [5.74, 6) is 1.09. The molecule has 0 amide bonds. The van der Waals surface area contributed by atoms with Crippen LogP contribution in [0.2, 0.25) is 5.15 Å². The van der Waals surface area contributed by atoms with Gasteiger partial charge in [0.25, 0.3) is 0 Å². The van der Waals surface area contributed by atoms with Crippen LogP contribution in [0.4, 0.5) is 0 Å². The molecule has 2 aromatic heterocycles. The van der Waals surface area contributed by atoms with Gasteiger partial charge in [-0.3, -0.25) is 0 Å². The van der Waals surface area contributed by atoms with Gasteiger partial charge in [0.2, 0.25) is 0 Å². The third-order valence-electron chi connectivity index (χ3n) is 2.59. The quantitative estimate of drug-likeness (QED) is 0.799. The van der Waals surface area contributed by atoms with E-state index in [1.54, 1.807) is 10.9 Å². The maximum absolute atomic E-state index is 6.27. The molecule has 2 heterocycles. The molecule has 0 aromatic carbocycles. The van der Waals surface area contributed by atoms with Crippen LogP contribution < -0.4 is 0 Å². The van der Waals surface area contributed by atoms with Crippen LogP contribution in [0, 0.1) is 6.92 Å². The maximum atomic E-state index is 6.27. The molecule has 17 heavy (non-hydrogen) atoms. The van der Waals surface area contributed by atoms with E-state index < -0.39 is 0 Å². The van der Waals surface area contributed by atoms with Gasteiger partial charge in [0.15, 0.2) is 5.82 Å². The minimum absolute atomic E-state index is 0.369. The highest BCUT2D eigenvalue weighted by Gasteiger charge is 2.15. The first-order chi connectivity index (χ1) is 8.17. The Morgan fingerprint density at radius 2 is 2.18 bits per heavy atom. The van der Waals surface area contributed by atoms with Crippen molar-refractivity contribution in [3.05, 3.63) is 40.3 Å². The molecule has 90 valence electrons. The summed E-state index contributed by atoms with van der Waals surface area (Å²) in [6.07, 6.45) is 2.55. The lowest BCUT2D eigenvalue weighted by Gasteiger charge is -2.02. The van der Waals surface area contributed by atoms with E-state index in [4.69, 9.17) is 23.2 Å². The highest BCUT2D eigenvalue weighted by molar-refractivity contribution is 6.31. The van der Waals surface area contributed by atoms with Gasteiger partial charge in [-0.1, -0.05) is 18.5 Å². The summed E-state index contributed by atoms with van der Waals surface area (Å²) in [5.41, 5.74) is 2.93. The summed E-state index contributed by atoms with van der Waals surface area (Å²) in [6, 6.07) is 3.88. The second kappa shape index (κ2) is 5.07. The van der Waals surface area contributed by atoms with E-state index in [0.717, 1.165) is 29.1 Å². The third-order valence-corrected chi connectivity index (χ3v) is 3.25. The minimum Gasteiger partial charge on any atom is -0.237 e. The van der Waals surface area contributed by atoms with Crippen molar-refractivity contribution in [2.45, 2.75) is 26.1 Å². The number of hydrogen-bond donors (Lipinski definition) is 0. The summed E-state index contributed by atoms with van der Waals surface area (Å²) in [7, 11) is 0. The molecule has 0 aliphatic carbocycles. The SMILES string of the molecule is CCc1nn(-c2cc(C)ccn2)c(Cl)c1CCl. The average Bonchev–Trinajstić information content (AvgIpc) is 2.65. The van der Waals surface area contributed by atoms with Gasteiger partial charge in [-0.2, -0.15) is 5.10 Å². The van der Waals surface area contributed by atoms with Crippen molar-refractivity contribution in [3.63, 3.8) is 0 Å². The lowest BCUT2D eigenvalue weighted by atomic mass is 10.2. The van der Waals surface area contributed by atoms with Crippen LogP contribution in [-0.4, -0.2) is 14.8 Å². The van der Waals surface area contributed by atoms with E-state index in [1.165, 1.54) is 0 Å². The molecule has 0 atom stereocenters. The van der Waals surface area contributed by atoms with Gasteiger partial charge in [0.1, 0.15) is 5.15 Å². The molecule has 3 nitrogen and oxygen atoms in total. The second-order valence-corrected chi connectivity index (χ2v) is 4.43. The van der Waals surface area contributed by atoms with Crippen molar-refractivity contribution in [2.24, 2.45) is 0 Å². The maximum Gasteiger partial charge on any atom is 0.155 e. The zero-order chi connectivity index (χ0) is 12.4. The molecule has 5 heteroatoms. The van der Waals surface area contributed by atoms with Gasteiger partial charge in [0, 0.05) is 11.8 Å². The molecule has 0 N–H and O–H groups in total. The van der Waals surface area contributed by atoms with Crippen molar-refractivity contribution in [2.75, 3.05) is 0 Å². The Labute approximate surface area is 110 Å². The van der Waals surface area contributed by atoms with E-state index in [9.17, 15) is 0 Å². The predicted molar refractivity (Wildman–Crippen MR) is 70.0 cm³/mol. The molecular weight excluding hydrogens is 257 g/mol. The van der Waals surface area contributed by atoms with Crippen LogP contribution >= 0.6 is 23.2 Å². The van der Waals surface area contributed by atoms with Crippen LogP contribution in [0.1, 0.15) is 23.7 Å². The highest BCUT2D eigenvalue weighted by Crippen LogP contribution is 2.25. The summed E-state index contributed by atoms with van der Waals surface area (Å²) in [5, 5.41) is 5.00. The molecule has 0 aliphatic heterocycles. The van der Waals surface area contributed by atoms with E-state index >= 15 is 0 Å². The fourth-order valence-corrected chi connectivity index (χ4v) is 2.33. The number of alkyl halides is 1. The summed E-state index contributed by atoms with van der Waals surface area (Å²) < 4.78 is 1.64.